The van der Waals surface area contributed by atoms with Crippen molar-refractivity contribution >= 4 is 27.6 Å². The van der Waals surface area contributed by atoms with E-state index >= 15 is 0 Å². The van der Waals surface area contributed by atoms with Crippen molar-refractivity contribution in [3.63, 3.8) is 0 Å². The number of pyridine rings is 1. The van der Waals surface area contributed by atoms with Gasteiger partial charge < -0.3 is 4.42 Å². The van der Waals surface area contributed by atoms with Gasteiger partial charge in [-0.25, -0.2) is 4.85 Å². The van der Waals surface area contributed by atoms with Crippen LogP contribution in [0.1, 0.15) is 27.9 Å². The van der Waals surface area contributed by atoms with Crippen LogP contribution in [0, 0.1) is 34.2 Å². The molecule has 0 aliphatic rings. The van der Waals surface area contributed by atoms with E-state index in [0.717, 1.165) is 33.0 Å². The van der Waals surface area contributed by atoms with E-state index < -0.39 is 6.85 Å². The molecule has 0 bridgehead atoms. The summed E-state index contributed by atoms with van der Waals surface area (Å²) >= 11 is 0. The van der Waals surface area contributed by atoms with Crippen LogP contribution < -0.4 is 4.57 Å². The van der Waals surface area contributed by atoms with Gasteiger partial charge in [-0.05, 0) is 49.5 Å². The summed E-state index contributed by atoms with van der Waals surface area (Å²) in [7, 11) is 1.80. The van der Waals surface area contributed by atoms with E-state index in [0.29, 0.717) is 33.8 Å². The first-order valence-corrected chi connectivity index (χ1v) is 10.5. The Kier molecular flexibility index (Phi) is 3.64. The van der Waals surface area contributed by atoms with Crippen molar-refractivity contribution in [1.82, 2.24) is 0 Å². The SMILES string of the molecule is [2H]c1c(C)c(C([2H])([2H])[2H])c(C)[n+](C)c1-c1cc2oc3c(-c4ccccc4)c([N+]#[C-])ccc3c2cc1C. The lowest BCUT2D eigenvalue weighted by molar-refractivity contribution is -0.667. The molecular formula is C29H25N2O+. The first-order valence-electron chi connectivity index (χ1n) is 12.5. The molecule has 0 fully saturated rings. The van der Waals surface area contributed by atoms with Gasteiger partial charge in [-0.1, -0.05) is 42.5 Å². The molecule has 2 heterocycles. The lowest BCUT2D eigenvalue weighted by Gasteiger charge is -2.10. The molecule has 0 atom stereocenters. The van der Waals surface area contributed by atoms with Gasteiger partial charge in [0.25, 0.3) is 0 Å². The minimum atomic E-state index is -2.30. The van der Waals surface area contributed by atoms with E-state index in [1.54, 1.807) is 25.5 Å². The van der Waals surface area contributed by atoms with Gasteiger partial charge in [-0.15, -0.1) is 0 Å². The van der Waals surface area contributed by atoms with Crippen LogP contribution in [0.4, 0.5) is 5.69 Å². The third-order valence-corrected chi connectivity index (χ3v) is 6.28. The Balaban J connectivity index is 1.83. The van der Waals surface area contributed by atoms with Crippen molar-refractivity contribution in [2.24, 2.45) is 7.05 Å². The fourth-order valence-corrected chi connectivity index (χ4v) is 4.39. The van der Waals surface area contributed by atoms with Crippen LogP contribution >= 0.6 is 0 Å². The average Bonchev–Trinajstić information content (AvgIpc) is 3.19. The monoisotopic (exact) mass is 421 g/mol. The third-order valence-electron chi connectivity index (χ3n) is 6.28. The maximum absolute atomic E-state index is 8.87. The van der Waals surface area contributed by atoms with Crippen molar-refractivity contribution in [3.8, 4) is 22.4 Å². The molecule has 3 aromatic carbocycles. The highest BCUT2D eigenvalue weighted by Gasteiger charge is 2.22. The molecular weight excluding hydrogens is 392 g/mol. The fourth-order valence-electron chi connectivity index (χ4n) is 4.39. The second kappa shape index (κ2) is 7.35. The van der Waals surface area contributed by atoms with Gasteiger partial charge in [0.15, 0.2) is 11.4 Å². The Hall–Kier alpha value is -3.90. The maximum atomic E-state index is 8.87. The molecule has 5 aromatic rings. The number of furan rings is 1. The molecule has 32 heavy (non-hydrogen) atoms. The molecule has 0 radical (unpaired) electrons. The Labute approximate surface area is 194 Å². The smallest absolute Gasteiger partial charge is 0.213 e. The summed E-state index contributed by atoms with van der Waals surface area (Å²) in [5.41, 5.74) is 7.19. The van der Waals surface area contributed by atoms with E-state index in [4.69, 9.17) is 16.5 Å². The minimum absolute atomic E-state index is 0.188. The van der Waals surface area contributed by atoms with E-state index in [-0.39, 0.29) is 11.6 Å². The summed E-state index contributed by atoms with van der Waals surface area (Å²) in [5.74, 6) is 0. The Bertz CT molecular complexity index is 1700. The number of aromatic nitrogens is 1. The minimum Gasteiger partial charge on any atom is -0.457 e. The number of aryl methyl sites for hydroxylation is 1. The molecule has 5 rings (SSSR count). The Morgan fingerprint density at radius 3 is 2.50 bits per heavy atom. The van der Waals surface area contributed by atoms with Crippen molar-refractivity contribution in [2.45, 2.75) is 27.6 Å². The van der Waals surface area contributed by atoms with Crippen molar-refractivity contribution in [1.29, 1.82) is 0 Å². The normalized spacial score (nSPS) is 13.5. The summed E-state index contributed by atoms with van der Waals surface area (Å²) in [6.07, 6.45) is 0. The summed E-state index contributed by atoms with van der Waals surface area (Å²) in [6.45, 7) is 10.9. The molecule has 2 aromatic heterocycles. The van der Waals surface area contributed by atoms with Crippen molar-refractivity contribution in [2.75, 3.05) is 0 Å². The summed E-state index contributed by atoms with van der Waals surface area (Å²) in [4.78, 5) is 3.74. The lowest BCUT2D eigenvalue weighted by atomic mass is 9.97. The summed E-state index contributed by atoms with van der Waals surface area (Å²) < 4.78 is 41.0. The van der Waals surface area contributed by atoms with E-state index in [9.17, 15) is 0 Å². The van der Waals surface area contributed by atoms with Gasteiger partial charge in [-0.3, -0.25) is 0 Å². The van der Waals surface area contributed by atoms with Crippen molar-refractivity contribution in [3.05, 3.63) is 94.4 Å². The second-order valence-corrected chi connectivity index (χ2v) is 8.20. The van der Waals surface area contributed by atoms with E-state index in [1.807, 2.05) is 61.5 Å². The molecule has 3 nitrogen and oxygen atoms in total. The van der Waals surface area contributed by atoms with Crippen LogP contribution in [0.5, 0.6) is 0 Å². The third kappa shape index (κ3) is 2.92. The number of rotatable bonds is 2. The van der Waals surface area contributed by atoms with Gasteiger partial charge in [0.05, 0.1) is 13.5 Å². The fraction of sp³-hybridized carbons (Fsp3) is 0.172. The molecule has 0 saturated heterocycles. The van der Waals surface area contributed by atoms with Gasteiger partial charge in [0.1, 0.15) is 18.2 Å². The standard InChI is InChI=1S/C29H25N2O/c1-17-15-26(31(6)20(4)19(17)3)23-16-27-24(14-18(23)2)22-12-13-25(30-5)28(29(22)32-27)21-10-8-7-9-11-21/h7-16H,1-4,6H3/q+1/i3D3,15D. The molecule has 0 spiro atoms. The quantitative estimate of drug-likeness (QED) is 0.213. The van der Waals surface area contributed by atoms with E-state index in [2.05, 4.69) is 4.85 Å². The van der Waals surface area contributed by atoms with Crippen LogP contribution in [0.2, 0.25) is 0 Å². The van der Waals surface area contributed by atoms with Crippen LogP contribution in [-0.2, 0) is 7.05 Å². The highest BCUT2D eigenvalue weighted by atomic mass is 16.3. The number of hydrogen-bond acceptors (Lipinski definition) is 1. The highest BCUT2D eigenvalue weighted by molar-refractivity contribution is 6.13. The molecule has 156 valence electrons. The first-order chi connectivity index (χ1) is 17.0. The van der Waals surface area contributed by atoms with Gasteiger partial charge >= 0.3 is 0 Å². The van der Waals surface area contributed by atoms with Crippen LogP contribution in [0.25, 0.3) is 49.2 Å². The Morgan fingerprint density at radius 2 is 1.78 bits per heavy atom. The second-order valence-electron chi connectivity index (χ2n) is 8.20. The van der Waals surface area contributed by atoms with Gasteiger partial charge in [-0.2, -0.15) is 4.57 Å². The molecule has 0 saturated carbocycles. The molecule has 0 unspecified atom stereocenters. The molecule has 0 aliphatic carbocycles. The highest BCUT2D eigenvalue weighted by Crippen LogP contribution is 2.42. The Morgan fingerprint density at radius 1 is 1.00 bits per heavy atom. The predicted octanol–water partition coefficient (Wildman–Crippen LogP) is 7.53. The average molecular weight is 422 g/mol. The largest absolute Gasteiger partial charge is 0.457 e. The van der Waals surface area contributed by atoms with Crippen LogP contribution in [-0.4, -0.2) is 0 Å². The number of fused-ring (bicyclic) bond motifs is 3. The van der Waals surface area contributed by atoms with Crippen molar-refractivity contribution < 1.29 is 14.5 Å². The molecule has 0 N–H and O–H groups in total. The van der Waals surface area contributed by atoms with Gasteiger partial charge in [0.2, 0.25) is 5.69 Å². The zero-order valence-corrected chi connectivity index (χ0v) is 18.5. The topological polar surface area (TPSA) is 21.4 Å². The zero-order chi connectivity index (χ0) is 25.9. The lowest BCUT2D eigenvalue weighted by Crippen LogP contribution is -2.36. The predicted molar refractivity (Wildman–Crippen MR) is 131 cm³/mol. The van der Waals surface area contributed by atoms with E-state index in [1.165, 1.54) is 0 Å². The first kappa shape index (κ1) is 15.8. The summed E-state index contributed by atoms with van der Waals surface area (Å²) in [5, 5.41) is 1.85. The number of nitrogens with zero attached hydrogens (tertiary/aromatic N) is 2. The van der Waals surface area contributed by atoms with Gasteiger partial charge in [0, 0.05) is 39.0 Å². The van der Waals surface area contributed by atoms with Crippen LogP contribution in [0.3, 0.4) is 0 Å². The van der Waals surface area contributed by atoms with Crippen LogP contribution in [0.15, 0.2) is 65.1 Å². The summed E-state index contributed by atoms with van der Waals surface area (Å²) in [6, 6.07) is 17.7. The number of hydrogen-bond donors (Lipinski definition) is 0. The molecule has 3 heteroatoms. The maximum Gasteiger partial charge on any atom is 0.213 e. The molecule has 0 amide bonds. The zero-order valence-electron chi connectivity index (χ0n) is 22.5. The molecule has 0 aliphatic heterocycles. The number of benzene rings is 3.